The van der Waals surface area contributed by atoms with Crippen LogP contribution in [0.25, 0.3) is 11.0 Å². The first-order chi connectivity index (χ1) is 8.75. The molecule has 5 heteroatoms. The van der Waals surface area contributed by atoms with Crippen molar-refractivity contribution in [3.63, 3.8) is 0 Å². The van der Waals surface area contributed by atoms with E-state index in [0.29, 0.717) is 0 Å². The summed E-state index contributed by atoms with van der Waals surface area (Å²) in [6, 6.07) is 1.99. The largest absolute Gasteiger partial charge is 0.376 e. The summed E-state index contributed by atoms with van der Waals surface area (Å²) in [4.78, 5) is 8.68. The van der Waals surface area contributed by atoms with Crippen LogP contribution in [0.2, 0.25) is 0 Å². The number of alkyl halides is 1. The summed E-state index contributed by atoms with van der Waals surface area (Å²) in [6.45, 7) is 3.64. The van der Waals surface area contributed by atoms with Gasteiger partial charge in [0, 0.05) is 12.8 Å². The zero-order chi connectivity index (χ0) is 12.5. The van der Waals surface area contributed by atoms with Crippen molar-refractivity contribution in [2.24, 2.45) is 0 Å². The molecule has 0 bridgehead atoms. The molecule has 18 heavy (non-hydrogen) atoms. The standard InChI is InChI=1S/C13H16ClN3O/c1-9(14)13-16-11-7-15-5-4-12(11)17(13)8-10-3-2-6-18-10/h4-5,7,9-10H,2-3,6,8H2,1H3. The molecule has 2 aromatic heterocycles. The van der Waals surface area contributed by atoms with Gasteiger partial charge in [-0.15, -0.1) is 11.6 Å². The van der Waals surface area contributed by atoms with Crippen molar-refractivity contribution < 1.29 is 4.74 Å². The van der Waals surface area contributed by atoms with Crippen molar-refractivity contribution in [1.82, 2.24) is 14.5 Å². The summed E-state index contributed by atoms with van der Waals surface area (Å²) in [7, 11) is 0. The van der Waals surface area contributed by atoms with Gasteiger partial charge >= 0.3 is 0 Å². The number of fused-ring (bicyclic) bond motifs is 1. The van der Waals surface area contributed by atoms with E-state index in [-0.39, 0.29) is 11.5 Å². The van der Waals surface area contributed by atoms with Gasteiger partial charge in [0.2, 0.25) is 0 Å². The van der Waals surface area contributed by atoms with Crippen molar-refractivity contribution in [3.8, 4) is 0 Å². The molecule has 2 aromatic rings. The van der Waals surface area contributed by atoms with Crippen molar-refractivity contribution in [1.29, 1.82) is 0 Å². The molecule has 0 N–H and O–H groups in total. The Balaban J connectivity index is 2.03. The minimum atomic E-state index is -0.112. The molecule has 2 atom stereocenters. The summed E-state index contributed by atoms with van der Waals surface area (Å²) in [5.74, 6) is 0.898. The Morgan fingerprint density at radius 3 is 3.22 bits per heavy atom. The zero-order valence-electron chi connectivity index (χ0n) is 10.3. The van der Waals surface area contributed by atoms with Gasteiger partial charge in [-0.3, -0.25) is 4.98 Å². The molecule has 0 radical (unpaired) electrons. The highest BCUT2D eigenvalue weighted by Crippen LogP contribution is 2.26. The highest BCUT2D eigenvalue weighted by molar-refractivity contribution is 6.20. The Kier molecular flexibility index (Phi) is 3.22. The predicted molar refractivity (Wildman–Crippen MR) is 70.8 cm³/mol. The molecule has 0 amide bonds. The second-order valence-corrected chi connectivity index (χ2v) is 5.35. The third kappa shape index (κ3) is 2.10. The van der Waals surface area contributed by atoms with Crippen LogP contribution in [0.4, 0.5) is 0 Å². The van der Waals surface area contributed by atoms with Crippen molar-refractivity contribution in [2.75, 3.05) is 6.61 Å². The Morgan fingerprint density at radius 2 is 2.50 bits per heavy atom. The summed E-state index contributed by atoms with van der Waals surface area (Å²) in [5.41, 5.74) is 1.99. The third-order valence-electron chi connectivity index (χ3n) is 3.35. The summed E-state index contributed by atoms with van der Waals surface area (Å²) in [6.07, 6.45) is 6.11. The highest BCUT2D eigenvalue weighted by Gasteiger charge is 2.21. The Morgan fingerprint density at radius 1 is 1.61 bits per heavy atom. The number of nitrogens with zero attached hydrogens (tertiary/aromatic N) is 3. The number of hydrogen-bond donors (Lipinski definition) is 0. The van der Waals surface area contributed by atoms with Gasteiger partial charge in [-0.25, -0.2) is 4.98 Å². The van der Waals surface area contributed by atoms with Crippen LogP contribution in [0.5, 0.6) is 0 Å². The molecular formula is C13H16ClN3O. The van der Waals surface area contributed by atoms with Crippen molar-refractivity contribution >= 4 is 22.6 Å². The van der Waals surface area contributed by atoms with E-state index in [9.17, 15) is 0 Å². The van der Waals surface area contributed by atoms with E-state index in [1.807, 2.05) is 13.0 Å². The smallest absolute Gasteiger partial charge is 0.127 e. The van der Waals surface area contributed by atoms with E-state index >= 15 is 0 Å². The van der Waals surface area contributed by atoms with E-state index in [1.165, 1.54) is 0 Å². The second-order valence-electron chi connectivity index (χ2n) is 4.70. The zero-order valence-corrected chi connectivity index (χ0v) is 11.1. The summed E-state index contributed by atoms with van der Waals surface area (Å²) >= 11 is 6.22. The van der Waals surface area contributed by atoms with Gasteiger partial charge in [-0.1, -0.05) is 0 Å². The fourth-order valence-corrected chi connectivity index (χ4v) is 2.65. The number of halogens is 1. The summed E-state index contributed by atoms with van der Waals surface area (Å²) < 4.78 is 7.87. The molecule has 0 aromatic carbocycles. The van der Waals surface area contributed by atoms with Crippen LogP contribution < -0.4 is 0 Å². The average Bonchev–Trinajstić information content (AvgIpc) is 2.98. The SMILES string of the molecule is CC(Cl)c1nc2cnccc2n1CC1CCCO1. The summed E-state index contributed by atoms with van der Waals surface area (Å²) in [5, 5.41) is -0.112. The number of hydrogen-bond acceptors (Lipinski definition) is 3. The van der Waals surface area contributed by atoms with Crippen LogP contribution in [0.1, 0.15) is 31.0 Å². The van der Waals surface area contributed by atoms with Crippen LogP contribution in [-0.2, 0) is 11.3 Å². The van der Waals surface area contributed by atoms with Crippen LogP contribution in [-0.4, -0.2) is 27.2 Å². The molecule has 0 aliphatic carbocycles. The maximum Gasteiger partial charge on any atom is 0.127 e. The normalized spacial score (nSPS) is 21.6. The number of ether oxygens (including phenoxy) is 1. The molecule has 0 spiro atoms. The van der Waals surface area contributed by atoms with E-state index in [0.717, 1.165) is 42.9 Å². The quantitative estimate of drug-likeness (QED) is 0.801. The molecule has 4 nitrogen and oxygen atoms in total. The Labute approximate surface area is 111 Å². The lowest BCUT2D eigenvalue weighted by atomic mass is 10.2. The minimum Gasteiger partial charge on any atom is -0.376 e. The third-order valence-corrected chi connectivity index (χ3v) is 3.54. The predicted octanol–water partition coefficient (Wildman–Crippen LogP) is 2.91. The molecule has 1 fully saturated rings. The van der Waals surface area contributed by atoms with Gasteiger partial charge in [-0.2, -0.15) is 0 Å². The number of imidazole rings is 1. The molecule has 0 saturated carbocycles. The lowest BCUT2D eigenvalue weighted by molar-refractivity contribution is 0.0972. The molecule has 1 aliphatic rings. The Hall–Kier alpha value is -1.13. The number of pyridine rings is 1. The first kappa shape index (κ1) is 11.9. The van der Waals surface area contributed by atoms with Gasteiger partial charge in [0.1, 0.15) is 11.3 Å². The molecule has 2 unspecified atom stereocenters. The van der Waals surface area contributed by atoms with E-state index in [2.05, 4.69) is 14.5 Å². The fraction of sp³-hybridized carbons (Fsp3) is 0.538. The van der Waals surface area contributed by atoms with Gasteiger partial charge in [0.05, 0.1) is 29.7 Å². The van der Waals surface area contributed by atoms with Gasteiger partial charge in [0.15, 0.2) is 0 Å². The lowest BCUT2D eigenvalue weighted by Crippen LogP contribution is -2.17. The Bertz CT molecular complexity index is 546. The van der Waals surface area contributed by atoms with Crippen molar-refractivity contribution in [3.05, 3.63) is 24.3 Å². The first-order valence-corrected chi connectivity index (χ1v) is 6.75. The number of aromatic nitrogens is 3. The maximum atomic E-state index is 6.22. The highest BCUT2D eigenvalue weighted by atomic mass is 35.5. The lowest BCUT2D eigenvalue weighted by Gasteiger charge is -2.14. The van der Waals surface area contributed by atoms with Gasteiger partial charge in [-0.05, 0) is 25.8 Å². The fourth-order valence-electron chi connectivity index (χ4n) is 2.49. The molecule has 96 valence electrons. The monoisotopic (exact) mass is 265 g/mol. The van der Waals surface area contributed by atoms with Crippen LogP contribution in [0.15, 0.2) is 18.5 Å². The molecule has 1 aliphatic heterocycles. The molecule has 3 heterocycles. The van der Waals surface area contributed by atoms with E-state index in [1.54, 1.807) is 12.4 Å². The van der Waals surface area contributed by atoms with Crippen molar-refractivity contribution in [2.45, 2.75) is 37.8 Å². The molecule has 3 rings (SSSR count). The van der Waals surface area contributed by atoms with Crippen LogP contribution in [0.3, 0.4) is 0 Å². The van der Waals surface area contributed by atoms with Gasteiger partial charge in [0.25, 0.3) is 0 Å². The van der Waals surface area contributed by atoms with Gasteiger partial charge < -0.3 is 9.30 Å². The molecular weight excluding hydrogens is 250 g/mol. The minimum absolute atomic E-state index is 0.112. The average molecular weight is 266 g/mol. The first-order valence-electron chi connectivity index (χ1n) is 6.31. The van der Waals surface area contributed by atoms with Crippen LogP contribution in [0, 0.1) is 0 Å². The molecule has 1 saturated heterocycles. The van der Waals surface area contributed by atoms with E-state index < -0.39 is 0 Å². The van der Waals surface area contributed by atoms with Crippen LogP contribution >= 0.6 is 11.6 Å². The number of rotatable bonds is 3. The maximum absolute atomic E-state index is 6.22. The topological polar surface area (TPSA) is 39.9 Å². The van der Waals surface area contributed by atoms with E-state index in [4.69, 9.17) is 16.3 Å². The second kappa shape index (κ2) is 4.86.